The molecule has 2 aromatic rings. The maximum atomic E-state index is 5.98. The van der Waals surface area contributed by atoms with E-state index in [9.17, 15) is 0 Å². The molecule has 30 heavy (non-hydrogen) atoms. The number of nitrogens with two attached hydrogens (primary N) is 2. The number of hydrogen-bond donors (Lipinski definition) is 4. The van der Waals surface area contributed by atoms with Gasteiger partial charge in [0.1, 0.15) is 0 Å². The predicted octanol–water partition coefficient (Wildman–Crippen LogP) is 2.91. The lowest BCUT2D eigenvalue weighted by Gasteiger charge is -2.40. The Hall–Kier alpha value is -2.44. The van der Waals surface area contributed by atoms with E-state index in [0.29, 0.717) is 12.1 Å². The summed E-state index contributed by atoms with van der Waals surface area (Å²) in [5, 5.41) is 7.01. The maximum Gasteiger partial charge on any atom is 0.0601 e. The second kappa shape index (κ2) is 9.58. The monoisotopic (exact) mass is 410 g/mol. The molecule has 0 amide bonds. The van der Waals surface area contributed by atoms with Gasteiger partial charge in [-0.2, -0.15) is 0 Å². The second-order valence-electron chi connectivity index (χ2n) is 9.22. The van der Waals surface area contributed by atoms with Gasteiger partial charge >= 0.3 is 0 Å². The van der Waals surface area contributed by atoms with E-state index in [2.05, 4.69) is 60.3 Å². The van der Waals surface area contributed by atoms with Crippen LogP contribution in [0.15, 0.2) is 48.5 Å². The van der Waals surface area contributed by atoms with Crippen molar-refractivity contribution in [2.24, 2.45) is 0 Å². The van der Waals surface area contributed by atoms with Crippen molar-refractivity contribution in [3.63, 3.8) is 0 Å². The first kappa shape index (κ1) is 22.2. The molecule has 2 heterocycles. The Morgan fingerprint density at radius 1 is 0.833 bits per heavy atom. The normalized spacial score (nSPS) is 23.5. The topological polar surface area (TPSA) is 82.6 Å². The molecule has 6 N–H and O–H groups in total. The highest BCUT2D eigenvalue weighted by Crippen LogP contribution is 2.26. The van der Waals surface area contributed by atoms with Crippen molar-refractivity contribution in [3.8, 4) is 0 Å². The van der Waals surface area contributed by atoms with Gasteiger partial charge in [-0.1, -0.05) is 24.3 Å². The molecule has 2 unspecified atom stereocenters. The number of rotatable bonds is 2. The summed E-state index contributed by atoms with van der Waals surface area (Å²) >= 11 is 0. The van der Waals surface area contributed by atoms with Crippen LogP contribution in [0.1, 0.15) is 27.7 Å². The summed E-state index contributed by atoms with van der Waals surface area (Å²) in [6, 6.07) is 17.2. The number of hydrogen-bond acceptors (Lipinski definition) is 6. The maximum absolute atomic E-state index is 5.98. The van der Waals surface area contributed by atoms with Crippen LogP contribution in [0.2, 0.25) is 0 Å². The van der Waals surface area contributed by atoms with E-state index in [1.807, 2.05) is 36.4 Å². The van der Waals surface area contributed by atoms with E-state index in [0.717, 1.165) is 55.5 Å². The average Bonchev–Trinajstić information content (AvgIpc) is 2.68. The molecule has 2 atom stereocenters. The van der Waals surface area contributed by atoms with Gasteiger partial charge in [0.2, 0.25) is 0 Å². The van der Waals surface area contributed by atoms with Gasteiger partial charge in [-0.15, -0.1) is 0 Å². The molecule has 0 spiro atoms. The highest BCUT2D eigenvalue weighted by molar-refractivity contribution is 5.68. The molecule has 0 aliphatic carbocycles. The fourth-order valence-corrected chi connectivity index (χ4v) is 4.42. The van der Waals surface area contributed by atoms with E-state index in [1.54, 1.807) is 0 Å². The van der Waals surface area contributed by atoms with Crippen LogP contribution in [0.25, 0.3) is 0 Å². The molecule has 0 aromatic heterocycles. The van der Waals surface area contributed by atoms with Crippen molar-refractivity contribution in [2.45, 2.75) is 45.3 Å². The van der Waals surface area contributed by atoms with E-state index in [1.165, 1.54) is 0 Å². The fourth-order valence-electron chi connectivity index (χ4n) is 4.42. The number of anilines is 4. The molecular weight excluding hydrogens is 372 g/mol. The van der Waals surface area contributed by atoms with Crippen molar-refractivity contribution in [1.29, 1.82) is 0 Å². The van der Waals surface area contributed by atoms with Crippen LogP contribution in [-0.4, -0.2) is 50.3 Å². The number of piperazine rings is 2. The van der Waals surface area contributed by atoms with Gasteiger partial charge in [0.05, 0.1) is 22.7 Å². The molecule has 2 aliphatic heterocycles. The summed E-state index contributed by atoms with van der Waals surface area (Å²) in [7, 11) is 0. The third-order valence-electron chi connectivity index (χ3n) is 5.68. The van der Waals surface area contributed by atoms with Crippen LogP contribution in [0.3, 0.4) is 0 Å². The van der Waals surface area contributed by atoms with Gasteiger partial charge in [0.15, 0.2) is 0 Å². The van der Waals surface area contributed by atoms with Gasteiger partial charge in [0, 0.05) is 50.3 Å². The second-order valence-corrected chi connectivity index (χ2v) is 9.22. The quantitative estimate of drug-likeness (QED) is 0.570. The number of para-hydroxylation sites is 4. The molecule has 2 saturated heterocycles. The van der Waals surface area contributed by atoms with Crippen LogP contribution in [0.4, 0.5) is 22.7 Å². The van der Waals surface area contributed by atoms with Crippen LogP contribution in [0, 0.1) is 0 Å². The summed E-state index contributed by atoms with van der Waals surface area (Å²) in [6.45, 7) is 14.0. The SMILES string of the molecule is CC1(C)CN(c2ccccc2N)CCN1.CC1CN(c2ccccc2N)CC(C)N1. The molecule has 6 nitrogen and oxygen atoms in total. The van der Waals surface area contributed by atoms with Crippen molar-refractivity contribution in [1.82, 2.24) is 10.6 Å². The first-order valence-corrected chi connectivity index (χ1v) is 10.9. The summed E-state index contributed by atoms with van der Waals surface area (Å²) in [5.74, 6) is 0. The molecule has 4 rings (SSSR count). The van der Waals surface area contributed by atoms with Crippen molar-refractivity contribution in [3.05, 3.63) is 48.5 Å². The van der Waals surface area contributed by atoms with E-state index in [-0.39, 0.29) is 5.54 Å². The Labute approximate surface area is 181 Å². The smallest absolute Gasteiger partial charge is 0.0601 e. The van der Waals surface area contributed by atoms with Gasteiger partial charge in [0.25, 0.3) is 0 Å². The minimum absolute atomic E-state index is 0.167. The largest absolute Gasteiger partial charge is 0.397 e. The zero-order chi connectivity index (χ0) is 21.7. The van der Waals surface area contributed by atoms with Crippen LogP contribution < -0.4 is 31.9 Å². The molecule has 164 valence electrons. The Bertz CT molecular complexity index is 767. The third kappa shape index (κ3) is 5.80. The molecule has 2 aliphatic rings. The Morgan fingerprint density at radius 3 is 1.83 bits per heavy atom. The summed E-state index contributed by atoms with van der Waals surface area (Å²) < 4.78 is 0. The Balaban J connectivity index is 0.000000171. The van der Waals surface area contributed by atoms with Crippen LogP contribution in [0.5, 0.6) is 0 Å². The highest BCUT2D eigenvalue weighted by Gasteiger charge is 2.26. The lowest BCUT2D eigenvalue weighted by atomic mass is 10.0. The summed E-state index contributed by atoms with van der Waals surface area (Å²) in [5.41, 5.74) is 16.2. The Morgan fingerprint density at radius 2 is 1.33 bits per heavy atom. The third-order valence-corrected chi connectivity index (χ3v) is 5.68. The van der Waals surface area contributed by atoms with Gasteiger partial charge in [-0.05, 0) is 52.0 Å². The van der Waals surface area contributed by atoms with Gasteiger partial charge < -0.3 is 31.9 Å². The number of nitrogens with one attached hydrogen (secondary N) is 2. The van der Waals surface area contributed by atoms with E-state index in [4.69, 9.17) is 11.5 Å². The van der Waals surface area contributed by atoms with Gasteiger partial charge in [-0.25, -0.2) is 0 Å². The molecule has 0 bridgehead atoms. The molecule has 0 saturated carbocycles. The lowest BCUT2D eigenvalue weighted by Crippen LogP contribution is -2.57. The lowest BCUT2D eigenvalue weighted by molar-refractivity contribution is 0.353. The van der Waals surface area contributed by atoms with E-state index < -0.39 is 0 Å². The summed E-state index contributed by atoms with van der Waals surface area (Å²) in [6.07, 6.45) is 0. The van der Waals surface area contributed by atoms with Crippen molar-refractivity contribution in [2.75, 3.05) is 54.0 Å². The molecule has 2 fully saturated rings. The number of nitrogen functional groups attached to an aromatic ring is 2. The standard InChI is InChI=1S/2C12H19N3/c1-9-7-15(8-10(2)14-9)12-6-4-3-5-11(12)13;1-12(2)9-15(8-7-14-12)11-6-4-3-5-10(11)13/h3-6,9-10,14H,7-8,13H2,1-2H3;3-6,14H,7-9,13H2,1-2H3. The predicted molar refractivity (Wildman–Crippen MR) is 130 cm³/mol. The highest BCUT2D eigenvalue weighted by atomic mass is 15.2. The average molecular weight is 411 g/mol. The first-order valence-electron chi connectivity index (χ1n) is 10.9. The molecule has 2 aromatic carbocycles. The van der Waals surface area contributed by atoms with Crippen molar-refractivity contribution >= 4 is 22.7 Å². The van der Waals surface area contributed by atoms with Crippen LogP contribution in [-0.2, 0) is 0 Å². The zero-order valence-electron chi connectivity index (χ0n) is 18.9. The minimum atomic E-state index is 0.167. The Kier molecular flexibility index (Phi) is 7.10. The summed E-state index contributed by atoms with van der Waals surface area (Å²) in [4.78, 5) is 4.72. The van der Waals surface area contributed by atoms with Crippen molar-refractivity contribution < 1.29 is 0 Å². The molecular formula is C24H38N6. The molecule has 0 radical (unpaired) electrons. The number of nitrogens with zero attached hydrogens (tertiary/aromatic N) is 2. The van der Waals surface area contributed by atoms with E-state index >= 15 is 0 Å². The molecule has 6 heteroatoms. The first-order chi connectivity index (χ1) is 14.2. The number of benzene rings is 2. The fraction of sp³-hybridized carbons (Fsp3) is 0.500. The van der Waals surface area contributed by atoms with Gasteiger partial charge in [-0.3, -0.25) is 0 Å². The zero-order valence-corrected chi connectivity index (χ0v) is 18.9. The minimum Gasteiger partial charge on any atom is -0.397 e. The van der Waals surface area contributed by atoms with Crippen LogP contribution >= 0.6 is 0 Å².